The Hall–Kier alpha value is -1.72. The molecule has 0 saturated carbocycles. The van der Waals surface area contributed by atoms with Crippen LogP contribution in [0, 0.1) is 0 Å². The smallest absolute Gasteiger partial charge is 0.105 e. The molecule has 0 fully saturated rings. The first kappa shape index (κ1) is 16.7. The zero-order chi connectivity index (χ0) is 17.2. The summed E-state index contributed by atoms with van der Waals surface area (Å²) < 4.78 is 0. The number of anilines is 1. The van der Waals surface area contributed by atoms with E-state index < -0.39 is 0 Å². The molecule has 126 valence electrons. The molecule has 3 aromatic rings. The third kappa shape index (κ3) is 3.62. The Kier molecular flexibility index (Phi) is 4.86. The largest absolute Gasteiger partial charge is 0.298 e. The van der Waals surface area contributed by atoms with E-state index in [4.69, 9.17) is 23.2 Å². The highest BCUT2D eigenvalue weighted by Crippen LogP contribution is 2.38. The van der Waals surface area contributed by atoms with E-state index in [1.54, 1.807) is 28.7 Å². The van der Waals surface area contributed by atoms with Crippen LogP contribution in [-0.2, 0) is 0 Å². The topological polar surface area (TPSA) is 15.3 Å². The van der Waals surface area contributed by atoms with Crippen LogP contribution in [0.2, 0.25) is 10.0 Å². The Bertz CT molecular complexity index is 915. The van der Waals surface area contributed by atoms with Crippen LogP contribution in [0.3, 0.4) is 0 Å². The summed E-state index contributed by atoms with van der Waals surface area (Å²) in [6, 6.07) is 14.0. The van der Waals surface area contributed by atoms with Gasteiger partial charge < -0.3 is 0 Å². The second-order valence-electron chi connectivity index (χ2n) is 5.51. The molecule has 2 aromatic heterocycles. The summed E-state index contributed by atoms with van der Waals surface area (Å²) in [5, 5.41) is 7.50. The first-order chi connectivity index (χ1) is 12.2. The minimum absolute atomic E-state index is 0.0849. The van der Waals surface area contributed by atoms with E-state index in [0.717, 1.165) is 11.4 Å². The van der Waals surface area contributed by atoms with Gasteiger partial charge in [0.2, 0.25) is 0 Å². The molecule has 6 heteroatoms. The Labute approximate surface area is 164 Å². The lowest BCUT2D eigenvalue weighted by Gasteiger charge is -2.27. The summed E-state index contributed by atoms with van der Waals surface area (Å²) in [6.45, 7) is 0. The Balaban J connectivity index is 1.67. The standard InChI is InChI=1S/C19H14Cl2N2S2/c20-13-5-8-17(16(21)11-13)23-18(19-4-2-10-25-19)12-14(22-23)6-7-15-3-1-9-24-15/h1-12,18,22H/b7-6+/t18-/m0/s1. The Morgan fingerprint density at radius 3 is 2.56 bits per heavy atom. The molecule has 0 unspecified atom stereocenters. The number of benzene rings is 1. The van der Waals surface area contributed by atoms with Gasteiger partial charge in [0.25, 0.3) is 0 Å². The molecule has 25 heavy (non-hydrogen) atoms. The molecular formula is C19H14Cl2N2S2. The molecule has 1 atom stereocenters. The van der Waals surface area contributed by atoms with Gasteiger partial charge >= 0.3 is 0 Å². The second kappa shape index (κ2) is 7.26. The number of hydrazine groups is 1. The molecule has 1 N–H and O–H groups in total. The van der Waals surface area contributed by atoms with Crippen molar-refractivity contribution in [3.63, 3.8) is 0 Å². The number of allylic oxidation sites excluding steroid dienone is 1. The molecule has 0 spiro atoms. The normalized spacial score (nSPS) is 17.1. The molecule has 0 bridgehead atoms. The minimum Gasteiger partial charge on any atom is -0.298 e. The number of rotatable bonds is 4. The van der Waals surface area contributed by atoms with E-state index in [1.807, 2.05) is 12.1 Å². The van der Waals surface area contributed by atoms with Crippen molar-refractivity contribution in [1.29, 1.82) is 0 Å². The van der Waals surface area contributed by atoms with Gasteiger partial charge in [-0.2, -0.15) is 0 Å². The van der Waals surface area contributed by atoms with Gasteiger partial charge in [-0.3, -0.25) is 10.4 Å². The van der Waals surface area contributed by atoms with Crippen molar-refractivity contribution >= 4 is 57.6 Å². The van der Waals surface area contributed by atoms with Gasteiger partial charge in [-0.05, 0) is 59.3 Å². The Morgan fingerprint density at radius 2 is 1.84 bits per heavy atom. The average molecular weight is 405 g/mol. The number of hydrogen-bond acceptors (Lipinski definition) is 4. The maximum Gasteiger partial charge on any atom is 0.105 e. The summed E-state index contributed by atoms with van der Waals surface area (Å²) >= 11 is 15.9. The molecule has 0 radical (unpaired) electrons. The fraction of sp³-hybridized carbons (Fsp3) is 0.0526. The third-order valence-electron chi connectivity index (χ3n) is 3.84. The van der Waals surface area contributed by atoms with E-state index in [0.29, 0.717) is 10.0 Å². The van der Waals surface area contributed by atoms with Crippen molar-refractivity contribution < 1.29 is 0 Å². The first-order valence-electron chi connectivity index (χ1n) is 7.68. The highest BCUT2D eigenvalue weighted by Gasteiger charge is 2.27. The SMILES string of the molecule is Clc1ccc(N2NC(/C=C/c3cccs3)=C[C@H]2c2cccs2)c(Cl)c1. The van der Waals surface area contributed by atoms with Gasteiger partial charge in [-0.25, -0.2) is 0 Å². The summed E-state index contributed by atoms with van der Waals surface area (Å²) in [5.74, 6) is 0. The van der Waals surface area contributed by atoms with Gasteiger partial charge in [0.1, 0.15) is 6.04 Å². The lowest BCUT2D eigenvalue weighted by Crippen LogP contribution is -2.33. The van der Waals surface area contributed by atoms with Gasteiger partial charge in [-0.15, -0.1) is 22.7 Å². The molecule has 2 nitrogen and oxygen atoms in total. The highest BCUT2D eigenvalue weighted by molar-refractivity contribution is 7.10. The number of hydrogen-bond donors (Lipinski definition) is 1. The molecule has 1 aliphatic heterocycles. The summed E-state index contributed by atoms with van der Waals surface area (Å²) in [5.41, 5.74) is 5.40. The van der Waals surface area contributed by atoms with Crippen LogP contribution < -0.4 is 10.4 Å². The fourth-order valence-corrected chi connectivity index (χ4v) is 4.60. The number of thiophene rings is 2. The van der Waals surface area contributed by atoms with Crippen LogP contribution in [0.5, 0.6) is 0 Å². The zero-order valence-electron chi connectivity index (χ0n) is 13.0. The van der Waals surface area contributed by atoms with Gasteiger partial charge in [0.05, 0.1) is 16.4 Å². The van der Waals surface area contributed by atoms with E-state index in [1.165, 1.54) is 9.75 Å². The zero-order valence-corrected chi connectivity index (χ0v) is 16.2. The predicted octanol–water partition coefficient (Wildman–Crippen LogP) is 6.78. The molecule has 4 rings (SSSR count). The van der Waals surface area contributed by atoms with Crippen molar-refractivity contribution in [2.75, 3.05) is 5.01 Å². The summed E-state index contributed by atoms with van der Waals surface area (Å²) in [6.07, 6.45) is 6.42. The van der Waals surface area contributed by atoms with Crippen molar-refractivity contribution in [2.24, 2.45) is 0 Å². The maximum absolute atomic E-state index is 6.44. The maximum atomic E-state index is 6.44. The molecular weight excluding hydrogens is 391 g/mol. The second-order valence-corrected chi connectivity index (χ2v) is 8.31. The van der Waals surface area contributed by atoms with Crippen molar-refractivity contribution in [3.8, 4) is 0 Å². The predicted molar refractivity (Wildman–Crippen MR) is 111 cm³/mol. The van der Waals surface area contributed by atoms with Crippen LogP contribution in [0.1, 0.15) is 15.8 Å². The molecule has 0 saturated heterocycles. The van der Waals surface area contributed by atoms with E-state index in [9.17, 15) is 0 Å². The van der Waals surface area contributed by atoms with Gasteiger partial charge in [0.15, 0.2) is 0 Å². The number of halogens is 2. The molecule has 0 aliphatic carbocycles. The van der Waals surface area contributed by atoms with Crippen LogP contribution in [0.4, 0.5) is 5.69 Å². The minimum atomic E-state index is 0.0849. The van der Waals surface area contributed by atoms with E-state index in [-0.39, 0.29) is 6.04 Å². The van der Waals surface area contributed by atoms with E-state index >= 15 is 0 Å². The van der Waals surface area contributed by atoms with Crippen molar-refractivity contribution in [1.82, 2.24) is 5.43 Å². The first-order valence-corrected chi connectivity index (χ1v) is 10.2. The van der Waals surface area contributed by atoms with Crippen molar-refractivity contribution in [3.05, 3.63) is 90.9 Å². The van der Waals surface area contributed by atoms with Crippen LogP contribution in [0.25, 0.3) is 6.08 Å². The fourth-order valence-electron chi connectivity index (χ4n) is 2.70. The molecule has 3 heterocycles. The highest BCUT2D eigenvalue weighted by atomic mass is 35.5. The van der Waals surface area contributed by atoms with E-state index in [2.05, 4.69) is 63.7 Å². The number of nitrogens with zero attached hydrogens (tertiary/aromatic N) is 1. The average Bonchev–Trinajstić information content (AvgIpc) is 3.34. The lowest BCUT2D eigenvalue weighted by atomic mass is 10.2. The van der Waals surface area contributed by atoms with Crippen LogP contribution in [-0.4, -0.2) is 0 Å². The third-order valence-corrected chi connectivity index (χ3v) is 6.16. The van der Waals surface area contributed by atoms with Gasteiger partial charge in [0, 0.05) is 14.8 Å². The lowest BCUT2D eigenvalue weighted by molar-refractivity contribution is 0.718. The number of nitrogens with one attached hydrogen (secondary N) is 1. The summed E-state index contributed by atoms with van der Waals surface area (Å²) in [7, 11) is 0. The molecule has 1 aliphatic rings. The quantitative estimate of drug-likeness (QED) is 0.515. The van der Waals surface area contributed by atoms with Crippen molar-refractivity contribution in [2.45, 2.75) is 6.04 Å². The molecule has 0 amide bonds. The van der Waals surface area contributed by atoms with Crippen LogP contribution >= 0.6 is 45.9 Å². The Morgan fingerprint density at radius 1 is 1.00 bits per heavy atom. The monoisotopic (exact) mass is 404 g/mol. The van der Waals surface area contributed by atoms with Gasteiger partial charge in [-0.1, -0.05) is 35.3 Å². The summed E-state index contributed by atoms with van der Waals surface area (Å²) in [4.78, 5) is 2.47. The molecule has 1 aromatic carbocycles. The van der Waals surface area contributed by atoms with Crippen LogP contribution in [0.15, 0.2) is 71.1 Å².